The molecule has 4 aliphatic rings. The number of allylic oxidation sites excluding steroid dienone is 1. The van der Waals surface area contributed by atoms with Crippen molar-refractivity contribution in [3.63, 3.8) is 0 Å². The number of carboxylic acid groups (broad SMARTS) is 1. The minimum atomic E-state index is -0.670. The molecule has 0 aromatic heterocycles. The van der Waals surface area contributed by atoms with Crippen LogP contribution in [0, 0.1) is 51.2 Å². The Hall–Kier alpha value is -0.830. The van der Waals surface area contributed by atoms with Gasteiger partial charge in [-0.3, -0.25) is 4.79 Å². The number of aliphatic carboxylic acids is 1. The summed E-state index contributed by atoms with van der Waals surface area (Å²) < 4.78 is 0. The highest BCUT2D eigenvalue weighted by atomic mass is 16.4. The molecule has 2 N–H and O–H groups in total. The Morgan fingerprint density at radius 1 is 0.970 bits per heavy atom. The molecule has 0 heterocycles. The second kappa shape index (κ2) is 7.84. The van der Waals surface area contributed by atoms with Crippen molar-refractivity contribution >= 4 is 5.97 Å². The number of carboxylic acids is 1. The molecule has 0 aliphatic heterocycles. The van der Waals surface area contributed by atoms with Crippen LogP contribution >= 0.6 is 0 Å². The molecule has 4 saturated carbocycles. The first kappa shape index (κ1) is 25.3. The Morgan fingerprint density at radius 2 is 1.64 bits per heavy atom. The van der Waals surface area contributed by atoms with Crippen molar-refractivity contribution < 1.29 is 15.0 Å². The van der Waals surface area contributed by atoms with Gasteiger partial charge in [0.25, 0.3) is 0 Å². The Labute approximate surface area is 202 Å². The summed E-state index contributed by atoms with van der Waals surface area (Å²) in [6.45, 7) is 20.7. The lowest BCUT2D eigenvalue weighted by molar-refractivity contribution is -0.221. The van der Waals surface area contributed by atoms with E-state index in [1.807, 2.05) is 13.8 Å². The van der Waals surface area contributed by atoms with Crippen LogP contribution < -0.4 is 0 Å². The van der Waals surface area contributed by atoms with Crippen LogP contribution in [0.1, 0.15) is 113 Å². The smallest absolute Gasteiger partial charge is 0.303 e. The van der Waals surface area contributed by atoms with Crippen LogP contribution in [0.4, 0.5) is 0 Å². The third kappa shape index (κ3) is 3.57. The molecule has 3 nitrogen and oxygen atoms in total. The largest absolute Gasteiger partial charge is 0.481 e. The van der Waals surface area contributed by atoms with Crippen LogP contribution in [0.15, 0.2) is 12.2 Å². The minimum absolute atomic E-state index is 0.00270. The molecule has 4 fully saturated rings. The SMILES string of the molecule is C=C(C)C1CCC2(C)C(CCC3C4C(C(C)(C)O)CCC4(C)CCC32C)C1(C)CCC(=O)O. The van der Waals surface area contributed by atoms with E-state index in [0.29, 0.717) is 35.0 Å². The lowest BCUT2D eigenvalue weighted by atomic mass is 9.34. The second-order valence-corrected chi connectivity index (χ2v) is 14.4. The number of hydrogen-bond donors (Lipinski definition) is 2. The van der Waals surface area contributed by atoms with E-state index in [1.54, 1.807) is 0 Å². The van der Waals surface area contributed by atoms with Crippen molar-refractivity contribution in [1.82, 2.24) is 0 Å². The van der Waals surface area contributed by atoms with E-state index in [2.05, 4.69) is 41.2 Å². The van der Waals surface area contributed by atoms with Crippen molar-refractivity contribution in [2.75, 3.05) is 0 Å². The number of aliphatic hydroxyl groups is 1. The molecule has 0 radical (unpaired) electrons. The molecule has 0 aromatic carbocycles. The van der Waals surface area contributed by atoms with Gasteiger partial charge in [-0.25, -0.2) is 0 Å². The number of carbonyl (C=O) groups is 1. The third-order valence-electron chi connectivity index (χ3n) is 12.5. The first-order valence-electron chi connectivity index (χ1n) is 13.7. The van der Waals surface area contributed by atoms with Gasteiger partial charge in [-0.15, -0.1) is 0 Å². The molecule has 0 spiro atoms. The zero-order chi connectivity index (χ0) is 24.6. The molecule has 0 bridgehead atoms. The summed E-state index contributed by atoms with van der Waals surface area (Å²) in [5.74, 6) is 1.92. The fraction of sp³-hybridized carbons (Fsp3) is 0.900. The number of hydrogen-bond acceptors (Lipinski definition) is 2. The van der Waals surface area contributed by atoms with Crippen LogP contribution in [-0.4, -0.2) is 21.8 Å². The van der Waals surface area contributed by atoms with Crippen LogP contribution in [0.5, 0.6) is 0 Å². The molecular formula is C30H50O3. The molecule has 4 rings (SSSR count). The van der Waals surface area contributed by atoms with Gasteiger partial charge in [0.05, 0.1) is 5.60 Å². The predicted octanol–water partition coefficient (Wildman–Crippen LogP) is 7.48. The molecule has 9 unspecified atom stereocenters. The lowest BCUT2D eigenvalue weighted by Gasteiger charge is -2.71. The molecule has 188 valence electrons. The quantitative estimate of drug-likeness (QED) is 0.420. The van der Waals surface area contributed by atoms with Gasteiger partial charge in [-0.05, 0) is 130 Å². The molecule has 33 heavy (non-hydrogen) atoms. The summed E-state index contributed by atoms with van der Waals surface area (Å²) in [5.41, 5.74) is 1.44. The van der Waals surface area contributed by atoms with Crippen molar-refractivity contribution in [2.45, 2.75) is 118 Å². The summed E-state index contributed by atoms with van der Waals surface area (Å²) in [5, 5.41) is 20.7. The summed E-state index contributed by atoms with van der Waals surface area (Å²) in [4.78, 5) is 11.6. The van der Waals surface area contributed by atoms with Gasteiger partial charge in [0.2, 0.25) is 0 Å². The molecular weight excluding hydrogens is 408 g/mol. The first-order valence-corrected chi connectivity index (χ1v) is 13.7. The average molecular weight is 459 g/mol. The Morgan fingerprint density at radius 3 is 2.21 bits per heavy atom. The maximum absolute atomic E-state index is 11.6. The van der Waals surface area contributed by atoms with E-state index in [0.717, 1.165) is 19.3 Å². The van der Waals surface area contributed by atoms with Gasteiger partial charge in [0, 0.05) is 6.42 Å². The van der Waals surface area contributed by atoms with E-state index < -0.39 is 11.6 Å². The molecule has 0 aromatic rings. The van der Waals surface area contributed by atoms with Crippen molar-refractivity contribution in [1.29, 1.82) is 0 Å². The highest BCUT2D eigenvalue weighted by Crippen LogP contribution is 2.76. The first-order chi connectivity index (χ1) is 15.1. The molecule has 4 aliphatic carbocycles. The topological polar surface area (TPSA) is 57.5 Å². The van der Waals surface area contributed by atoms with Gasteiger partial charge in [0.15, 0.2) is 0 Å². The van der Waals surface area contributed by atoms with Crippen LogP contribution in [-0.2, 0) is 4.79 Å². The van der Waals surface area contributed by atoms with Crippen LogP contribution in [0.3, 0.4) is 0 Å². The van der Waals surface area contributed by atoms with Gasteiger partial charge in [-0.1, -0.05) is 39.8 Å². The highest BCUT2D eigenvalue weighted by molar-refractivity contribution is 5.66. The van der Waals surface area contributed by atoms with Crippen LogP contribution in [0.25, 0.3) is 0 Å². The minimum Gasteiger partial charge on any atom is -0.481 e. The average Bonchev–Trinajstić information content (AvgIpc) is 3.05. The van der Waals surface area contributed by atoms with E-state index in [9.17, 15) is 15.0 Å². The van der Waals surface area contributed by atoms with Gasteiger partial charge < -0.3 is 10.2 Å². The zero-order valence-corrected chi connectivity index (χ0v) is 22.5. The maximum Gasteiger partial charge on any atom is 0.303 e. The summed E-state index contributed by atoms with van der Waals surface area (Å²) in [7, 11) is 0. The Balaban J connectivity index is 1.75. The second-order valence-electron chi connectivity index (χ2n) is 14.4. The molecule has 0 saturated heterocycles. The molecule has 9 atom stereocenters. The fourth-order valence-corrected chi connectivity index (χ4v) is 10.6. The maximum atomic E-state index is 11.6. The van der Waals surface area contributed by atoms with E-state index in [-0.39, 0.29) is 22.7 Å². The van der Waals surface area contributed by atoms with Crippen molar-refractivity contribution in [3.05, 3.63) is 12.2 Å². The number of fused-ring (bicyclic) bond motifs is 5. The Kier molecular flexibility index (Phi) is 6.00. The van der Waals surface area contributed by atoms with Gasteiger partial charge >= 0.3 is 5.97 Å². The van der Waals surface area contributed by atoms with E-state index in [1.165, 1.54) is 44.1 Å². The van der Waals surface area contributed by atoms with Crippen molar-refractivity contribution in [2.24, 2.45) is 51.2 Å². The summed E-state index contributed by atoms with van der Waals surface area (Å²) in [6, 6.07) is 0. The fourth-order valence-electron chi connectivity index (χ4n) is 10.6. The normalized spacial score (nSPS) is 49.6. The van der Waals surface area contributed by atoms with Crippen LogP contribution in [0.2, 0.25) is 0 Å². The van der Waals surface area contributed by atoms with Crippen molar-refractivity contribution in [3.8, 4) is 0 Å². The number of rotatable bonds is 5. The van der Waals surface area contributed by atoms with Gasteiger partial charge in [0.1, 0.15) is 0 Å². The molecule has 3 heteroatoms. The van der Waals surface area contributed by atoms with E-state index >= 15 is 0 Å². The molecule has 0 amide bonds. The monoisotopic (exact) mass is 458 g/mol. The Bertz CT molecular complexity index is 810. The third-order valence-corrected chi connectivity index (χ3v) is 12.5. The highest BCUT2D eigenvalue weighted by Gasteiger charge is 2.69. The van der Waals surface area contributed by atoms with E-state index in [4.69, 9.17) is 0 Å². The lowest BCUT2D eigenvalue weighted by Crippen LogP contribution is -2.64. The summed E-state index contributed by atoms with van der Waals surface area (Å²) >= 11 is 0. The standard InChI is InChI=1S/C30H50O3/c1-19(2)20-12-16-30(8)23(28(20,6)15-13-24(31)32)10-9-22-25-21(26(3,4)33)11-14-27(25,5)17-18-29(22,30)7/h20-23,25,33H,1,9-18H2,2-8H3,(H,31,32). The summed E-state index contributed by atoms with van der Waals surface area (Å²) in [6.07, 6.45) is 10.8. The zero-order valence-electron chi connectivity index (χ0n) is 22.5. The van der Waals surface area contributed by atoms with Gasteiger partial charge in [-0.2, -0.15) is 0 Å². The predicted molar refractivity (Wildman–Crippen MR) is 135 cm³/mol.